The molecule has 3 rings (SSSR count). The van der Waals surface area contributed by atoms with Crippen LogP contribution in [0.3, 0.4) is 0 Å². The van der Waals surface area contributed by atoms with Crippen LogP contribution in [0.4, 0.5) is 0 Å². The van der Waals surface area contributed by atoms with Crippen LogP contribution in [0.25, 0.3) is 0 Å². The topological polar surface area (TPSA) is 0 Å². The fourth-order valence-corrected chi connectivity index (χ4v) is 1.02. The maximum atomic E-state index is 2.99. The third-order valence-corrected chi connectivity index (χ3v) is 1.80. The van der Waals surface area contributed by atoms with Gasteiger partial charge in [0.05, 0.1) is 0 Å². The molecule has 0 saturated heterocycles. The molecule has 0 N–H and O–H groups in total. The van der Waals surface area contributed by atoms with E-state index in [4.69, 9.17) is 0 Å². The van der Waals surface area contributed by atoms with Crippen molar-refractivity contribution in [2.45, 2.75) is 6.42 Å². The first-order chi connectivity index (χ1) is 8.50. The molecule has 1 aliphatic rings. The van der Waals surface area contributed by atoms with Gasteiger partial charge in [0.15, 0.2) is 0 Å². The third kappa shape index (κ3) is 11.1. The second kappa shape index (κ2) is 13.7. The summed E-state index contributed by atoms with van der Waals surface area (Å²) in [6.07, 6.45) is 10.0. The summed E-state index contributed by atoms with van der Waals surface area (Å²) in [5.74, 6) is 0. The predicted octanol–water partition coefficient (Wildman–Crippen LogP) is 4.28. The molecule has 0 nitrogen and oxygen atoms in total. The van der Waals surface area contributed by atoms with E-state index in [-0.39, 0.29) is 21.7 Å². The van der Waals surface area contributed by atoms with Crippen LogP contribution in [0.2, 0.25) is 0 Å². The summed E-state index contributed by atoms with van der Waals surface area (Å²) in [4.78, 5) is 0. The van der Waals surface area contributed by atoms with Crippen molar-refractivity contribution in [1.82, 2.24) is 0 Å². The molecule has 1 aliphatic carbocycles. The molecular formula is C17H15Ti. The van der Waals surface area contributed by atoms with Gasteiger partial charge in [-0.05, 0) is 0 Å². The summed E-state index contributed by atoms with van der Waals surface area (Å²) in [5, 5.41) is 0. The van der Waals surface area contributed by atoms with E-state index < -0.39 is 0 Å². The third-order valence-electron chi connectivity index (χ3n) is 1.80. The Morgan fingerprint density at radius 1 is 0.667 bits per heavy atom. The molecule has 0 aromatic heterocycles. The molecule has 2 aromatic carbocycles. The minimum Gasteiger partial charge on any atom is -0.273 e. The Morgan fingerprint density at radius 2 is 1.17 bits per heavy atom. The number of hydrogen-bond acceptors (Lipinski definition) is 0. The van der Waals surface area contributed by atoms with Crippen molar-refractivity contribution in [3.63, 3.8) is 0 Å². The first-order valence-electron chi connectivity index (χ1n) is 5.54. The average molecular weight is 267 g/mol. The van der Waals surface area contributed by atoms with Gasteiger partial charge in [0.1, 0.15) is 0 Å². The fourth-order valence-electron chi connectivity index (χ4n) is 1.02. The first-order valence-corrected chi connectivity index (χ1v) is 5.54. The van der Waals surface area contributed by atoms with Gasteiger partial charge in [0.2, 0.25) is 0 Å². The zero-order chi connectivity index (χ0) is 12.0. The summed E-state index contributed by atoms with van der Waals surface area (Å²) in [5.41, 5.74) is 0. The van der Waals surface area contributed by atoms with Crippen LogP contribution in [-0.4, -0.2) is 0 Å². The van der Waals surface area contributed by atoms with E-state index in [1.54, 1.807) is 0 Å². The molecule has 18 heavy (non-hydrogen) atoms. The van der Waals surface area contributed by atoms with Crippen LogP contribution < -0.4 is 0 Å². The van der Waals surface area contributed by atoms with E-state index in [1.165, 1.54) is 0 Å². The number of benzene rings is 2. The SMILES string of the molecule is [C-]1=CC=CC1.[Ti+3].[c-]1ccccc1.[c-]1ccccc1. The second-order valence-electron chi connectivity index (χ2n) is 3.16. The Morgan fingerprint density at radius 3 is 1.28 bits per heavy atom. The van der Waals surface area contributed by atoms with Crippen molar-refractivity contribution < 1.29 is 21.7 Å². The van der Waals surface area contributed by atoms with Gasteiger partial charge >= 0.3 is 21.7 Å². The molecular weight excluding hydrogens is 252 g/mol. The van der Waals surface area contributed by atoms with Crippen LogP contribution in [0.1, 0.15) is 6.42 Å². The number of allylic oxidation sites excluding steroid dienone is 4. The normalized spacial score (nSPS) is 10.2. The second-order valence-corrected chi connectivity index (χ2v) is 3.16. The van der Waals surface area contributed by atoms with Gasteiger partial charge in [-0.25, -0.2) is 12.2 Å². The van der Waals surface area contributed by atoms with Crippen LogP contribution >= 0.6 is 0 Å². The maximum absolute atomic E-state index is 2.99. The van der Waals surface area contributed by atoms with Crippen molar-refractivity contribution in [2.75, 3.05) is 0 Å². The van der Waals surface area contributed by atoms with E-state index in [0.717, 1.165) is 6.42 Å². The minimum absolute atomic E-state index is 0. The zero-order valence-electron chi connectivity index (χ0n) is 10.2. The fraction of sp³-hybridized carbons (Fsp3) is 0.0588. The van der Waals surface area contributed by atoms with Gasteiger partial charge in [-0.2, -0.15) is 78.9 Å². The van der Waals surface area contributed by atoms with Crippen molar-refractivity contribution >= 4 is 0 Å². The molecule has 0 spiro atoms. The summed E-state index contributed by atoms with van der Waals surface area (Å²) in [6, 6.07) is 25.0. The standard InChI is InChI=1S/2C6H5.C5H5.Ti/c2*1-2-4-6-5-3-1;1-2-4-5-3-1;/h2*1-5H;1-3H,4H2;/q3*-1;+3. The number of rotatable bonds is 0. The van der Waals surface area contributed by atoms with E-state index in [2.05, 4.69) is 24.3 Å². The summed E-state index contributed by atoms with van der Waals surface area (Å²) in [7, 11) is 0. The van der Waals surface area contributed by atoms with E-state index >= 15 is 0 Å². The van der Waals surface area contributed by atoms with E-state index in [1.807, 2.05) is 72.8 Å². The quantitative estimate of drug-likeness (QED) is 0.493. The molecule has 0 bridgehead atoms. The molecule has 2 aromatic rings. The first kappa shape index (κ1) is 16.6. The van der Waals surface area contributed by atoms with Gasteiger partial charge in [0, 0.05) is 0 Å². The zero-order valence-corrected chi connectivity index (χ0v) is 11.8. The maximum Gasteiger partial charge on any atom is 3.00 e. The Balaban J connectivity index is 0.000000235. The predicted molar refractivity (Wildman–Crippen MR) is 72.1 cm³/mol. The molecule has 0 aliphatic heterocycles. The van der Waals surface area contributed by atoms with Crippen LogP contribution in [0, 0.1) is 18.2 Å². The Bertz CT molecular complexity index is 309. The van der Waals surface area contributed by atoms with Crippen molar-refractivity contribution in [3.8, 4) is 0 Å². The Labute approximate surface area is 125 Å². The molecule has 1 radical (unpaired) electrons. The monoisotopic (exact) mass is 267 g/mol. The average Bonchev–Trinajstić information content (AvgIpc) is 3.03. The van der Waals surface area contributed by atoms with Gasteiger partial charge in [0.25, 0.3) is 0 Å². The molecule has 1 heteroatoms. The van der Waals surface area contributed by atoms with Crippen LogP contribution in [0.5, 0.6) is 0 Å². The Kier molecular flexibility index (Phi) is 12.7. The van der Waals surface area contributed by atoms with Gasteiger partial charge in [-0.1, -0.05) is 0 Å². The van der Waals surface area contributed by atoms with Crippen molar-refractivity contribution in [1.29, 1.82) is 0 Å². The largest absolute Gasteiger partial charge is 3.00 e. The Hall–Kier alpha value is -1.37. The smallest absolute Gasteiger partial charge is 0.273 e. The van der Waals surface area contributed by atoms with Crippen LogP contribution in [-0.2, 0) is 21.7 Å². The molecule has 0 unspecified atom stereocenters. The van der Waals surface area contributed by atoms with Gasteiger partial charge in [-0.15, -0.1) is 6.42 Å². The summed E-state index contributed by atoms with van der Waals surface area (Å²) >= 11 is 0. The van der Waals surface area contributed by atoms with E-state index in [0.29, 0.717) is 0 Å². The van der Waals surface area contributed by atoms with Crippen molar-refractivity contribution in [3.05, 3.63) is 97.1 Å². The van der Waals surface area contributed by atoms with Gasteiger partial charge in [-0.3, -0.25) is 6.08 Å². The van der Waals surface area contributed by atoms with Crippen LogP contribution in [0.15, 0.2) is 78.9 Å². The summed E-state index contributed by atoms with van der Waals surface area (Å²) in [6.45, 7) is 0. The summed E-state index contributed by atoms with van der Waals surface area (Å²) < 4.78 is 0. The molecule has 0 fully saturated rings. The molecule has 0 heterocycles. The van der Waals surface area contributed by atoms with Crippen molar-refractivity contribution in [2.24, 2.45) is 0 Å². The minimum atomic E-state index is 0. The molecule has 87 valence electrons. The number of hydrogen-bond donors (Lipinski definition) is 0. The molecule has 0 amide bonds. The van der Waals surface area contributed by atoms with E-state index in [9.17, 15) is 0 Å². The molecule has 0 saturated carbocycles. The van der Waals surface area contributed by atoms with Gasteiger partial charge < -0.3 is 0 Å². The molecule has 0 atom stereocenters.